The maximum Gasteiger partial charge on any atom is 0.120 e. The summed E-state index contributed by atoms with van der Waals surface area (Å²) in [5.41, 5.74) is 6.33. The van der Waals surface area contributed by atoms with E-state index in [2.05, 4.69) is 37.0 Å². The normalized spacial score (nSPS) is 11.9. The summed E-state index contributed by atoms with van der Waals surface area (Å²) in [5.74, 6) is 7.90. The molecular formula is C17H26N2OS. The van der Waals surface area contributed by atoms with Gasteiger partial charge in [0.05, 0.1) is 6.54 Å². The van der Waals surface area contributed by atoms with Crippen molar-refractivity contribution in [3.8, 4) is 17.6 Å². The molecule has 0 amide bonds. The van der Waals surface area contributed by atoms with Crippen LogP contribution < -0.4 is 10.5 Å². The zero-order valence-corrected chi connectivity index (χ0v) is 14.1. The maximum atomic E-state index is 5.82. The Labute approximate surface area is 133 Å². The molecule has 2 N–H and O–H groups in total. The van der Waals surface area contributed by atoms with E-state index < -0.39 is 0 Å². The van der Waals surface area contributed by atoms with Crippen LogP contribution >= 0.6 is 11.8 Å². The van der Waals surface area contributed by atoms with E-state index in [0.717, 1.165) is 23.6 Å². The van der Waals surface area contributed by atoms with E-state index in [0.29, 0.717) is 19.2 Å². The highest BCUT2D eigenvalue weighted by atomic mass is 32.2. The van der Waals surface area contributed by atoms with Gasteiger partial charge in [0.1, 0.15) is 12.4 Å². The predicted molar refractivity (Wildman–Crippen MR) is 93.0 cm³/mol. The Morgan fingerprint density at radius 3 is 2.90 bits per heavy atom. The first-order valence-electron chi connectivity index (χ1n) is 7.32. The van der Waals surface area contributed by atoms with Gasteiger partial charge in [-0.05, 0) is 37.9 Å². The lowest BCUT2D eigenvalue weighted by atomic mass is 10.2. The number of hydrogen-bond acceptors (Lipinski definition) is 4. The van der Waals surface area contributed by atoms with Crippen molar-refractivity contribution >= 4 is 11.8 Å². The molecule has 0 bridgehead atoms. The van der Waals surface area contributed by atoms with Crippen molar-refractivity contribution in [1.82, 2.24) is 4.90 Å². The third-order valence-corrected chi connectivity index (χ3v) is 4.05. The molecule has 1 rings (SSSR count). The van der Waals surface area contributed by atoms with Crippen molar-refractivity contribution in [1.29, 1.82) is 0 Å². The van der Waals surface area contributed by atoms with E-state index in [1.807, 2.05) is 36.0 Å². The number of benzene rings is 1. The van der Waals surface area contributed by atoms with Gasteiger partial charge >= 0.3 is 0 Å². The molecule has 0 saturated carbocycles. The Hall–Kier alpha value is -1.15. The van der Waals surface area contributed by atoms with Crippen LogP contribution in [0.2, 0.25) is 0 Å². The minimum absolute atomic E-state index is 0.379. The van der Waals surface area contributed by atoms with Crippen molar-refractivity contribution in [3.05, 3.63) is 29.8 Å². The zero-order valence-electron chi connectivity index (χ0n) is 13.3. The Kier molecular flexibility index (Phi) is 9.00. The predicted octanol–water partition coefficient (Wildman–Crippen LogP) is 2.45. The van der Waals surface area contributed by atoms with Crippen LogP contribution in [0, 0.1) is 11.8 Å². The van der Waals surface area contributed by atoms with Crippen molar-refractivity contribution in [2.45, 2.75) is 19.4 Å². The van der Waals surface area contributed by atoms with Gasteiger partial charge in [0.25, 0.3) is 0 Å². The summed E-state index contributed by atoms with van der Waals surface area (Å²) < 4.78 is 5.82. The van der Waals surface area contributed by atoms with E-state index in [-0.39, 0.29) is 0 Å². The van der Waals surface area contributed by atoms with Crippen molar-refractivity contribution in [3.63, 3.8) is 0 Å². The minimum atomic E-state index is 0.379. The molecule has 0 saturated heterocycles. The van der Waals surface area contributed by atoms with Gasteiger partial charge in [-0.15, -0.1) is 0 Å². The molecule has 1 aromatic rings. The molecule has 0 aliphatic carbocycles. The van der Waals surface area contributed by atoms with Gasteiger partial charge in [0, 0.05) is 23.9 Å². The highest BCUT2D eigenvalue weighted by Gasteiger charge is 2.11. The Morgan fingerprint density at radius 1 is 1.43 bits per heavy atom. The minimum Gasteiger partial charge on any atom is -0.492 e. The summed E-state index contributed by atoms with van der Waals surface area (Å²) in [4.78, 5) is 2.37. The summed E-state index contributed by atoms with van der Waals surface area (Å²) in [7, 11) is 2.16. The van der Waals surface area contributed by atoms with Gasteiger partial charge in [-0.2, -0.15) is 11.8 Å². The van der Waals surface area contributed by atoms with Gasteiger partial charge in [0.2, 0.25) is 0 Å². The fourth-order valence-electron chi connectivity index (χ4n) is 2.06. The average Bonchev–Trinajstić information content (AvgIpc) is 2.50. The van der Waals surface area contributed by atoms with Crippen LogP contribution in [0.15, 0.2) is 24.3 Å². The molecule has 0 heterocycles. The fourth-order valence-corrected chi connectivity index (χ4v) is 2.93. The van der Waals surface area contributed by atoms with Crippen LogP contribution in [-0.4, -0.2) is 49.7 Å². The summed E-state index contributed by atoms with van der Waals surface area (Å²) in [6.07, 6.45) is 3.32. The topological polar surface area (TPSA) is 38.5 Å². The summed E-state index contributed by atoms with van der Waals surface area (Å²) >= 11 is 1.89. The van der Waals surface area contributed by atoms with Crippen LogP contribution in [0.4, 0.5) is 0 Å². The van der Waals surface area contributed by atoms with Gasteiger partial charge < -0.3 is 10.5 Å². The molecule has 116 valence electrons. The number of rotatable bonds is 8. The van der Waals surface area contributed by atoms with Crippen LogP contribution in [0.3, 0.4) is 0 Å². The molecule has 3 nitrogen and oxygen atoms in total. The van der Waals surface area contributed by atoms with E-state index in [9.17, 15) is 0 Å². The van der Waals surface area contributed by atoms with E-state index in [1.54, 1.807) is 0 Å². The molecule has 4 heteroatoms. The van der Waals surface area contributed by atoms with Gasteiger partial charge in [-0.1, -0.05) is 24.8 Å². The second-order valence-electron chi connectivity index (χ2n) is 4.88. The number of ether oxygens (including phenoxy) is 1. The van der Waals surface area contributed by atoms with Gasteiger partial charge in [0.15, 0.2) is 0 Å². The Balaban J connectivity index is 2.44. The number of thioether (sulfide) groups is 1. The van der Waals surface area contributed by atoms with Crippen LogP contribution in [0.1, 0.15) is 18.9 Å². The second-order valence-corrected chi connectivity index (χ2v) is 5.79. The van der Waals surface area contributed by atoms with Crippen molar-refractivity contribution in [2.75, 3.05) is 38.8 Å². The third kappa shape index (κ3) is 6.90. The van der Waals surface area contributed by atoms with Gasteiger partial charge in [-0.25, -0.2) is 0 Å². The first kappa shape index (κ1) is 17.9. The third-order valence-electron chi connectivity index (χ3n) is 3.34. The van der Waals surface area contributed by atoms with E-state index >= 15 is 0 Å². The molecular weight excluding hydrogens is 280 g/mol. The van der Waals surface area contributed by atoms with Crippen LogP contribution in [0.5, 0.6) is 5.75 Å². The van der Waals surface area contributed by atoms with Crippen molar-refractivity contribution in [2.24, 2.45) is 5.73 Å². The number of nitrogens with zero attached hydrogens (tertiary/aromatic N) is 1. The average molecular weight is 306 g/mol. The number of nitrogens with two attached hydrogens (primary N) is 1. The van der Waals surface area contributed by atoms with Crippen LogP contribution in [-0.2, 0) is 0 Å². The van der Waals surface area contributed by atoms with E-state index in [1.165, 1.54) is 6.42 Å². The molecule has 0 spiro atoms. The van der Waals surface area contributed by atoms with Gasteiger partial charge in [-0.3, -0.25) is 4.90 Å². The molecule has 21 heavy (non-hydrogen) atoms. The molecule has 0 aliphatic rings. The summed E-state index contributed by atoms with van der Waals surface area (Å²) in [5, 5.41) is 0. The van der Waals surface area contributed by atoms with E-state index in [4.69, 9.17) is 10.5 Å². The first-order chi connectivity index (χ1) is 10.2. The standard InChI is InChI=1S/C17H26N2OS/c1-4-16(14-21-3)19(2)11-12-20-17-9-5-7-15(13-17)8-6-10-18/h5,7,9,13,16H,4,10-12,14,18H2,1-3H3. The highest BCUT2D eigenvalue weighted by Crippen LogP contribution is 2.13. The molecule has 1 atom stereocenters. The molecule has 1 unspecified atom stereocenters. The largest absolute Gasteiger partial charge is 0.492 e. The lowest BCUT2D eigenvalue weighted by Gasteiger charge is -2.26. The Morgan fingerprint density at radius 2 is 2.24 bits per heavy atom. The lowest BCUT2D eigenvalue weighted by Crippen LogP contribution is -2.36. The SMILES string of the molecule is CCC(CSC)N(C)CCOc1cccc(C#CCN)c1. The lowest BCUT2D eigenvalue weighted by molar-refractivity contribution is 0.199. The second kappa shape index (κ2) is 10.6. The molecule has 1 aromatic carbocycles. The monoisotopic (exact) mass is 306 g/mol. The Bertz CT molecular complexity index is 467. The molecule has 0 aromatic heterocycles. The molecule has 0 aliphatic heterocycles. The summed E-state index contributed by atoms with van der Waals surface area (Å²) in [6.45, 7) is 4.23. The molecule has 0 radical (unpaired) electrons. The smallest absolute Gasteiger partial charge is 0.120 e. The number of likely N-dealkylation sites (N-methyl/N-ethyl adjacent to an activating group) is 1. The fraction of sp³-hybridized carbons (Fsp3) is 0.529. The molecule has 0 fully saturated rings. The first-order valence-corrected chi connectivity index (χ1v) is 8.71. The quantitative estimate of drug-likeness (QED) is 0.749. The van der Waals surface area contributed by atoms with Crippen LogP contribution in [0.25, 0.3) is 0 Å². The zero-order chi connectivity index (χ0) is 15.5. The van der Waals surface area contributed by atoms with Crippen molar-refractivity contribution < 1.29 is 4.74 Å². The summed E-state index contributed by atoms with van der Waals surface area (Å²) in [6, 6.07) is 8.47. The number of hydrogen-bond donors (Lipinski definition) is 1. The highest BCUT2D eigenvalue weighted by molar-refractivity contribution is 7.98. The maximum absolute atomic E-state index is 5.82.